The molecule has 0 bridgehead atoms. The van der Waals surface area contributed by atoms with E-state index in [0.717, 1.165) is 0 Å². The van der Waals surface area contributed by atoms with Crippen LogP contribution in [0.1, 0.15) is 10.4 Å². The molecule has 0 unspecified atom stereocenters. The molecule has 0 radical (unpaired) electrons. The van der Waals surface area contributed by atoms with Crippen molar-refractivity contribution in [3.05, 3.63) is 59.3 Å². The molecule has 120 valence electrons. The van der Waals surface area contributed by atoms with E-state index in [0.29, 0.717) is 5.69 Å². The summed E-state index contributed by atoms with van der Waals surface area (Å²) in [4.78, 5) is 11.0. The smallest absolute Gasteiger partial charge is 0.335 e. The molecule has 2 aromatic carbocycles. The molecular weight excluding hydrogens is 324 g/mol. The Morgan fingerprint density at radius 3 is 2.43 bits per heavy atom. The molecule has 23 heavy (non-hydrogen) atoms. The Kier molecular flexibility index (Phi) is 4.57. The Bertz CT molecular complexity index is 862. The van der Waals surface area contributed by atoms with Gasteiger partial charge in [0.25, 0.3) is 0 Å². The van der Waals surface area contributed by atoms with Gasteiger partial charge in [0.05, 0.1) is 15.7 Å². The third-order valence-electron chi connectivity index (χ3n) is 2.77. The molecule has 4 N–H and O–H groups in total. The molecule has 0 fully saturated rings. The van der Waals surface area contributed by atoms with Gasteiger partial charge >= 0.3 is 5.97 Å². The lowest BCUT2D eigenvalue weighted by atomic mass is 10.2. The second-order valence-corrected chi connectivity index (χ2v) is 5.97. The van der Waals surface area contributed by atoms with Crippen LogP contribution in [-0.4, -0.2) is 24.4 Å². The van der Waals surface area contributed by atoms with Gasteiger partial charge in [-0.25, -0.2) is 18.4 Å². The van der Waals surface area contributed by atoms with Crippen LogP contribution in [0.3, 0.4) is 0 Å². The first-order chi connectivity index (χ1) is 10.8. The highest BCUT2D eigenvalue weighted by Crippen LogP contribution is 2.16. The highest BCUT2D eigenvalue weighted by Gasteiger charge is 2.08. The van der Waals surface area contributed by atoms with Crippen LogP contribution >= 0.6 is 0 Å². The monoisotopic (exact) mass is 336 g/mol. The number of hydrogen-bond donors (Lipinski definition) is 3. The zero-order chi connectivity index (χ0) is 17.0. The van der Waals surface area contributed by atoms with E-state index in [1.54, 1.807) is 0 Å². The highest BCUT2D eigenvalue weighted by molar-refractivity contribution is 7.89. The molecular formula is C13H12N4O5S. The molecule has 0 heterocycles. The summed E-state index contributed by atoms with van der Waals surface area (Å²) >= 11 is 0. The maximum atomic E-state index is 11.8. The number of primary sulfonamides is 1. The molecule has 0 spiro atoms. The van der Waals surface area contributed by atoms with Crippen molar-refractivity contribution in [1.29, 1.82) is 0 Å². The molecule has 0 atom stereocenters. The molecule has 0 aliphatic rings. The normalized spacial score (nSPS) is 12.0. The quantitative estimate of drug-likeness (QED) is 0.429. The van der Waals surface area contributed by atoms with Crippen LogP contribution in [-0.2, 0) is 10.0 Å². The van der Waals surface area contributed by atoms with Gasteiger partial charge in [0.1, 0.15) is 5.69 Å². The van der Waals surface area contributed by atoms with E-state index in [2.05, 4.69) is 10.6 Å². The molecule has 2 rings (SSSR count). The summed E-state index contributed by atoms with van der Waals surface area (Å²) in [5.41, 5.74) is 2.76. The Balaban J connectivity index is 2.16. The minimum Gasteiger partial charge on any atom is -0.691 e. The van der Waals surface area contributed by atoms with Gasteiger partial charge in [0, 0.05) is 6.07 Å². The fourth-order valence-electron chi connectivity index (χ4n) is 1.64. The van der Waals surface area contributed by atoms with Crippen molar-refractivity contribution in [3.63, 3.8) is 0 Å². The summed E-state index contributed by atoms with van der Waals surface area (Å²) in [5.74, 6) is -1.16. The molecule has 2 aromatic rings. The van der Waals surface area contributed by atoms with Crippen LogP contribution in [0.25, 0.3) is 0 Å². The Labute approximate surface area is 131 Å². The van der Waals surface area contributed by atoms with E-state index in [1.807, 2.05) is 0 Å². The largest absolute Gasteiger partial charge is 0.691 e. The summed E-state index contributed by atoms with van der Waals surface area (Å²) in [6.45, 7) is 0. The molecule has 0 aliphatic heterocycles. The number of anilines is 1. The fraction of sp³-hybridized carbons (Fsp3) is 0. The van der Waals surface area contributed by atoms with Crippen molar-refractivity contribution in [2.75, 3.05) is 5.43 Å². The van der Waals surface area contributed by atoms with Crippen molar-refractivity contribution in [1.82, 2.24) is 0 Å². The van der Waals surface area contributed by atoms with Crippen LogP contribution in [0.4, 0.5) is 11.4 Å². The van der Waals surface area contributed by atoms with Crippen molar-refractivity contribution < 1.29 is 23.2 Å². The summed E-state index contributed by atoms with van der Waals surface area (Å²) in [7, 11) is -3.79. The first-order valence-corrected chi connectivity index (χ1v) is 7.72. The zero-order valence-corrected chi connectivity index (χ0v) is 12.4. The number of sulfonamides is 1. The number of hydrogen-bond acceptors (Lipinski definition) is 5. The van der Waals surface area contributed by atoms with E-state index in [9.17, 15) is 18.4 Å². The standard InChI is InChI=1S/C13H12N4O5S/c14-23(21,22)12-6-4-10(5-7-12)15-16-17(20)11-3-1-2-9(8-11)13(18)19/h1-8,15H,(H,18,19)(H2,14,21,22)/b17-16-. The van der Waals surface area contributed by atoms with Crippen molar-refractivity contribution in [2.24, 2.45) is 10.4 Å². The van der Waals surface area contributed by atoms with Gasteiger partial charge < -0.3 is 10.3 Å². The van der Waals surface area contributed by atoms with Crippen molar-refractivity contribution >= 4 is 27.4 Å². The van der Waals surface area contributed by atoms with Gasteiger partial charge in [0.15, 0.2) is 5.69 Å². The minimum atomic E-state index is -3.79. The molecule has 9 nitrogen and oxygen atoms in total. The average Bonchev–Trinajstić information content (AvgIpc) is 2.52. The summed E-state index contributed by atoms with van der Waals surface area (Å²) in [6, 6.07) is 10.6. The second-order valence-electron chi connectivity index (χ2n) is 4.41. The molecule has 0 aromatic heterocycles. The van der Waals surface area contributed by atoms with E-state index >= 15 is 0 Å². The third-order valence-corrected chi connectivity index (χ3v) is 3.70. The number of nitrogens with two attached hydrogens (primary N) is 1. The van der Waals surface area contributed by atoms with Crippen LogP contribution in [0.2, 0.25) is 0 Å². The van der Waals surface area contributed by atoms with Crippen LogP contribution in [0, 0.1) is 5.21 Å². The predicted octanol–water partition coefficient (Wildman–Crippen LogP) is 1.65. The van der Waals surface area contributed by atoms with E-state index < -0.39 is 16.0 Å². The molecule has 10 heteroatoms. The number of carboxylic acid groups (broad SMARTS) is 1. The summed E-state index contributed by atoms with van der Waals surface area (Å²) in [5, 5.41) is 29.1. The second kappa shape index (κ2) is 6.42. The van der Waals surface area contributed by atoms with Gasteiger partial charge in [-0.15, -0.1) is 10.3 Å². The average molecular weight is 336 g/mol. The number of nitrogens with one attached hydrogen (secondary N) is 1. The topological polar surface area (TPSA) is 148 Å². The van der Waals surface area contributed by atoms with Crippen LogP contribution < -0.4 is 10.6 Å². The van der Waals surface area contributed by atoms with Crippen LogP contribution in [0.5, 0.6) is 0 Å². The third kappa shape index (κ3) is 4.25. The number of carboxylic acids is 1. The molecule has 0 saturated heterocycles. The highest BCUT2D eigenvalue weighted by atomic mass is 32.2. The van der Waals surface area contributed by atoms with Gasteiger partial charge in [-0.05, 0) is 36.4 Å². The number of rotatable bonds is 5. The predicted molar refractivity (Wildman–Crippen MR) is 80.6 cm³/mol. The first-order valence-electron chi connectivity index (χ1n) is 6.17. The van der Waals surface area contributed by atoms with Crippen molar-refractivity contribution in [2.45, 2.75) is 4.90 Å². The Morgan fingerprint density at radius 1 is 1.22 bits per heavy atom. The first kappa shape index (κ1) is 16.4. The van der Waals surface area contributed by atoms with Gasteiger partial charge in [-0.2, -0.15) is 0 Å². The Morgan fingerprint density at radius 2 is 1.87 bits per heavy atom. The summed E-state index contributed by atoms with van der Waals surface area (Å²) in [6.07, 6.45) is 0. The lowest BCUT2D eigenvalue weighted by Gasteiger charge is -2.06. The minimum absolute atomic E-state index is 0.0264. The summed E-state index contributed by atoms with van der Waals surface area (Å²) < 4.78 is 22.2. The number of benzene rings is 2. The van der Waals surface area contributed by atoms with Gasteiger partial charge in [0.2, 0.25) is 10.0 Å². The SMILES string of the molecule is NS(=O)(=O)c1ccc(N/N=[N+](\[O-])c2cccc(C(=O)O)c2)cc1. The van der Waals surface area contributed by atoms with E-state index in [1.165, 1.54) is 48.5 Å². The molecule has 0 amide bonds. The van der Waals surface area contributed by atoms with Crippen LogP contribution in [0.15, 0.2) is 58.6 Å². The van der Waals surface area contributed by atoms with Gasteiger partial charge in [-0.1, -0.05) is 6.07 Å². The van der Waals surface area contributed by atoms with Crippen molar-refractivity contribution in [3.8, 4) is 0 Å². The van der Waals surface area contributed by atoms with E-state index in [4.69, 9.17) is 10.2 Å². The van der Waals surface area contributed by atoms with Gasteiger partial charge in [-0.3, -0.25) is 0 Å². The number of nitrogens with zero attached hydrogens (tertiary/aromatic N) is 2. The Hall–Kier alpha value is -2.98. The fourth-order valence-corrected chi connectivity index (χ4v) is 2.15. The molecule has 0 saturated carbocycles. The van der Waals surface area contributed by atoms with E-state index in [-0.39, 0.29) is 21.0 Å². The zero-order valence-electron chi connectivity index (χ0n) is 11.6. The molecule has 0 aliphatic carbocycles. The number of aromatic carboxylic acids is 1. The maximum absolute atomic E-state index is 11.8. The maximum Gasteiger partial charge on any atom is 0.335 e. The number of carbonyl (C=O) groups is 1. The lowest BCUT2D eigenvalue weighted by molar-refractivity contribution is -0.439. The lowest BCUT2D eigenvalue weighted by Crippen LogP contribution is -2.11.